The first kappa shape index (κ1) is 29.5. The van der Waals surface area contributed by atoms with Crippen molar-refractivity contribution in [3.05, 3.63) is 91.9 Å². The molecule has 10 heteroatoms. The molecular formula is C28H28BrCl2N3O4. The smallest absolute Gasteiger partial charge is 0.262 e. The minimum absolute atomic E-state index is 0.169. The second kappa shape index (κ2) is 14.2. The molecule has 0 aliphatic carbocycles. The summed E-state index contributed by atoms with van der Waals surface area (Å²) in [5.74, 6) is 0.0912. The molecule has 3 aromatic rings. The lowest BCUT2D eigenvalue weighted by Crippen LogP contribution is -2.48. The number of halogens is 3. The first-order valence-corrected chi connectivity index (χ1v) is 13.5. The summed E-state index contributed by atoms with van der Waals surface area (Å²) in [6.07, 6.45) is 1.49. The van der Waals surface area contributed by atoms with Crippen LogP contribution < -0.4 is 20.2 Å². The summed E-state index contributed by atoms with van der Waals surface area (Å²) in [6, 6.07) is 16.6. The second-order valence-corrected chi connectivity index (χ2v) is 10.3. The zero-order chi connectivity index (χ0) is 27.7. The molecule has 0 saturated carbocycles. The average Bonchev–Trinajstić information content (AvgIpc) is 2.88. The van der Waals surface area contributed by atoms with Gasteiger partial charge in [0.25, 0.3) is 11.8 Å². The van der Waals surface area contributed by atoms with Crippen LogP contribution in [0.2, 0.25) is 10.0 Å². The summed E-state index contributed by atoms with van der Waals surface area (Å²) in [5, 5.41) is 8.02. The molecule has 0 fully saturated rings. The van der Waals surface area contributed by atoms with Gasteiger partial charge in [0.15, 0.2) is 11.5 Å². The van der Waals surface area contributed by atoms with Crippen LogP contribution in [0.1, 0.15) is 42.3 Å². The van der Waals surface area contributed by atoms with Crippen molar-refractivity contribution >= 4 is 57.2 Å². The van der Waals surface area contributed by atoms with Crippen molar-refractivity contribution in [2.45, 2.75) is 33.4 Å². The van der Waals surface area contributed by atoms with Crippen LogP contribution in [-0.4, -0.2) is 30.7 Å². The third-order valence-electron chi connectivity index (χ3n) is 5.36. The molecule has 0 radical (unpaired) electrons. The Morgan fingerprint density at radius 3 is 2.24 bits per heavy atom. The van der Waals surface area contributed by atoms with E-state index in [2.05, 4.69) is 31.8 Å². The van der Waals surface area contributed by atoms with Gasteiger partial charge >= 0.3 is 0 Å². The molecule has 0 aromatic heterocycles. The fourth-order valence-electron chi connectivity index (χ4n) is 3.40. The molecule has 1 unspecified atom stereocenters. The summed E-state index contributed by atoms with van der Waals surface area (Å²) in [6.45, 7) is 6.32. The number of hydrogen-bond donors (Lipinski definition) is 2. The zero-order valence-corrected chi connectivity index (χ0v) is 24.2. The van der Waals surface area contributed by atoms with Crippen LogP contribution in [0, 0.1) is 5.92 Å². The van der Waals surface area contributed by atoms with Crippen LogP contribution in [0.5, 0.6) is 11.5 Å². The summed E-state index contributed by atoms with van der Waals surface area (Å²) in [7, 11) is 0. The van der Waals surface area contributed by atoms with Crippen LogP contribution in [0.25, 0.3) is 0 Å². The zero-order valence-electron chi connectivity index (χ0n) is 21.1. The maximum atomic E-state index is 12.8. The monoisotopic (exact) mass is 619 g/mol. The van der Waals surface area contributed by atoms with Crippen LogP contribution in [0.3, 0.4) is 0 Å². The van der Waals surface area contributed by atoms with E-state index in [1.54, 1.807) is 48.5 Å². The molecule has 2 N–H and O–H groups in total. The van der Waals surface area contributed by atoms with Gasteiger partial charge in [0.1, 0.15) is 12.6 Å². The highest BCUT2D eigenvalue weighted by molar-refractivity contribution is 9.10. The molecule has 3 rings (SSSR count). The Labute approximate surface area is 240 Å². The highest BCUT2D eigenvalue weighted by atomic mass is 79.9. The first-order valence-electron chi connectivity index (χ1n) is 11.9. The van der Waals surface area contributed by atoms with Gasteiger partial charge in [-0.1, -0.05) is 49.2 Å². The summed E-state index contributed by atoms with van der Waals surface area (Å²) in [5.41, 5.74) is 4.55. The number of benzene rings is 3. The SMILES string of the molecule is CCOc1cc(C=NNC(=O)C(NC(=O)c2ccc(Cl)cc2)C(C)C)cc(Br)c1OCc1ccc(Cl)cc1. The van der Waals surface area contributed by atoms with E-state index in [1.165, 1.54) is 6.21 Å². The molecule has 0 aliphatic rings. The molecule has 38 heavy (non-hydrogen) atoms. The quantitative estimate of drug-likeness (QED) is 0.186. The van der Waals surface area contributed by atoms with Crippen molar-refractivity contribution < 1.29 is 19.1 Å². The number of carbonyl (C=O) groups is 2. The predicted molar refractivity (Wildman–Crippen MR) is 154 cm³/mol. The van der Waals surface area contributed by atoms with E-state index in [1.807, 2.05) is 32.9 Å². The largest absolute Gasteiger partial charge is 0.490 e. The molecule has 1 atom stereocenters. The summed E-state index contributed by atoms with van der Waals surface area (Å²) < 4.78 is 12.4. The Balaban J connectivity index is 1.67. The van der Waals surface area contributed by atoms with Gasteiger partial charge in [0, 0.05) is 15.6 Å². The Bertz CT molecular complexity index is 1280. The number of carbonyl (C=O) groups excluding carboxylic acids is 2. The average molecular weight is 621 g/mol. The first-order chi connectivity index (χ1) is 18.2. The molecule has 7 nitrogen and oxygen atoms in total. The molecule has 0 aliphatic heterocycles. The van der Waals surface area contributed by atoms with Gasteiger partial charge in [-0.15, -0.1) is 0 Å². The highest BCUT2D eigenvalue weighted by Crippen LogP contribution is 2.37. The van der Waals surface area contributed by atoms with E-state index in [4.69, 9.17) is 32.7 Å². The standard InChI is InChI=1S/C28H28BrCl2N3O4/c1-4-37-24-14-19(13-23(29)26(24)38-16-18-5-9-21(30)10-6-18)15-32-34-28(36)25(17(2)3)33-27(35)20-7-11-22(31)12-8-20/h5-15,17,25H,4,16H2,1-3H3,(H,33,35)(H,34,36). The number of amides is 2. The highest BCUT2D eigenvalue weighted by Gasteiger charge is 2.24. The molecule has 0 bridgehead atoms. The number of hydrogen-bond acceptors (Lipinski definition) is 5. The predicted octanol–water partition coefficient (Wildman–Crippen LogP) is 6.64. The van der Waals surface area contributed by atoms with Gasteiger partial charge in [-0.05, 0) is 88.4 Å². The van der Waals surface area contributed by atoms with Gasteiger partial charge in [-0.2, -0.15) is 5.10 Å². The number of nitrogens with zero attached hydrogens (tertiary/aromatic N) is 1. The molecule has 2 amide bonds. The number of hydrazone groups is 1. The molecule has 0 heterocycles. The molecule has 0 spiro atoms. The van der Waals surface area contributed by atoms with Crippen LogP contribution in [0.4, 0.5) is 0 Å². The van der Waals surface area contributed by atoms with E-state index in [9.17, 15) is 9.59 Å². The number of ether oxygens (including phenoxy) is 2. The lowest BCUT2D eigenvalue weighted by Gasteiger charge is -2.20. The van der Waals surface area contributed by atoms with Gasteiger partial charge in [0.2, 0.25) is 0 Å². The normalized spacial score (nSPS) is 11.9. The lowest BCUT2D eigenvalue weighted by atomic mass is 10.0. The number of nitrogens with one attached hydrogen (secondary N) is 2. The fraction of sp³-hybridized carbons (Fsp3) is 0.250. The van der Waals surface area contributed by atoms with Crippen molar-refractivity contribution in [1.82, 2.24) is 10.7 Å². The third-order valence-corrected chi connectivity index (χ3v) is 6.45. The van der Waals surface area contributed by atoms with Crippen molar-refractivity contribution in [1.29, 1.82) is 0 Å². The van der Waals surface area contributed by atoms with Gasteiger partial charge in [-0.3, -0.25) is 9.59 Å². The Kier molecular flexibility index (Phi) is 11.0. The Morgan fingerprint density at radius 2 is 1.63 bits per heavy atom. The van der Waals surface area contributed by atoms with Crippen molar-refractivity contribution in [3.8, 4) is 11.5 Å². The van der Waals surface area contributed by atoms with E-state index in [0.717, 1.165) is 5.56 Å². The second-order valence-electron chi connectivity index (χ2n) is 8.61. The third kappa shape index (κ3) is 8.48. The summed E-state index contributed by atoms with van der Waals surface area (Å²) >= 11 is 15.4. The van der Waals surface area contributed by atoms with Gasteiger partial charge in [-0.25, -0.2) is 5.43 Å². The van der Waals surface area contributed by atoms with E-state index in [-0.39, 0.29) is 11.8 Å². The van der Waals surface area contributed by atoms with E-state index < -0.39 is 11.9 Å². The van der Waals surface area contributed by atoms with Gasteiger partial charge in [0.05, 0.1) is 17.3 Å². The minimum Gasteiger partial charge on any atom is -0.490 e. The van der Waals surface area contributed by atoms with Crippen LogP contribution in [-0.2, 0) is 11.4 Å². The van der Waals surface area contributed by atoms with Crippen molar-refractivity contribution in [2.75, 3.05) is 6.61 Å². The molecule has 200 valence electrons. The van der Waals surface area contributed by atoms with Crippen molar-refractivity contribution in [2.24, 2.45) is 11.0 Å². The maximum absolute atomic E-state index is 12.8. The fourth-order valence-corrected chi connectivity index (χ4v) is 4.23. The van der Waals surface area contributed by atoms with Crippen molar-refractivity contribution in [3.63, 3.8) is 0 Å². The molecule has 0 saturated heterocycles. The topological polar surface area (TPSA) is 89.0 Å². The maximum Gasteiger partial charge on any atom is 0.262 e. The van der Waals surface area contributed by atoms with E-state index in [0.29, 0.717) is 50.4 Å². The van der Waals surface area contributed by atoms with E-state index >= 15 is 0 Å². The lowest BCUT2D eigenvalue weighted by molar-refractivity contribution is -0.123. The molecular weight excluding hydrogens is 593 g/mol. The number of rotatable bonds is 11. The van der Waals surface area contributed by atoms with Crippen LogP contribution >= 0.6 is 39.1 Å². The van der Waals surface area contributed by atoms with Gasteiger partial charge < -0.3 is 14.8 Å². The Morgan fingerprint density at radius 1 is 1.00 bits per heavy atom. The minimum atomic E-state index is -0.787. The molecule has 3 aromatic carbocycles. The van der Waals surface area contributed by atoms with Crippen LogP contribution in [0.15, 0.2) is 70.2 Å². The summed E-state index contributed by atoms with van der Waals surface area (Å²) in [4.78, 5) is 25.4. The Hall–Kier alpha value is -3.07.